The van der Waals surface area contributed by atoms with Crippen molar-refractivity contribution < 1.29 is 32.9 Å². The van der Waals surface area contributed by atoms with Crippen molar-refractivity contribution in [2.75, 3.05) is 7.11 Å². The number of aryl methyl sites for hydroxylation is 1. The maximum atomic E-state index is 10.4. The van der Waals surface area contributed by atoms with Crippen LogP contribution in [0.1, 0.15) is 11.3 Å². The molecule has 0 aliphatic heterocycles. The topological polar surface area (TPSA) is 122 Å². The molecule has 2 aromatic carbocycles. The summed E-state index contributed by atoms with van der Waals surface area (Å²) in [6.45, 7) is 0. The Morgan fingerprint density at radius 3 is 2.30 bits per heavy atom. The molecule has 9 heteroatoms. The van der Waals surface area contributed by atoms with Gasteiger partial charge in [-0.1, -0.05) is 22.0 Å². The highest BCUT2D eigenvalue weighted by Gasteiger charge is 2.02. The lowest BCUT2D eigenvalue weighted by Gasteiger charge is -2.05. The van der Waals surface area contributed by atoms with Gasteiger partial charge in [0.25, 0.3) is 0 Å². The molecule has 160 valence electrons. The molecule has 0 bridgehead atoms. The molecule has 1 heterocycles. The molecule has 0 saturated carbocycles. The van der Waals surface area contributed by atoms with Crippen LogP contribution >= 0.6 is 15.9 Å². The number of ether oxygens (including phenoxy) is 1. The van der Waals surface area contributed by atoms with E-state index in [2.05, 4.69) is 15.9 Å². The number of hydrogen-bond donors (Lipinski definition) is 1. The average Bonchev–Trinajstić information content (AvgIpc) is 2.68. The number of halogens is 1. The highest BCUT2D eigenvalue weighted by Crippen LogP contribution is 2.26. The quantitative estimate of drug-likeness (QED) is 0.440. The second kappa shape index (κ2) is 11.5. The number of pyridine rings is 1. The molecule has 3 aromatic rings. The summed E-state index contributed by atoms with van der Waals surface area (Å²) in [6.07, 6.45) is 6.00. The van der Waals surface area contributed by atoms with Crippen molar-refractivity contribution in [3.63, 3.8) is 0 Å². The van der Waals surface area contributed by atoms with Gasteiger partial charge in [-0.3, -0.25) is 0 Å². The highest BCUT2D eigenvalue weighted by molar-refractivity contribution is 9.10. The Hall–Kier alpha value is -2.72. The number of methoxy groups -OCH3 is 1. The normalized spacial score (nSPS) is 10.7. The van der Waals surface area contributed by atoms with Crippen LogP contribution in [-0.4, -0.2) is 30.7 Å². The van der Waals surface area contributed by atoms with Gasteiger partial charge in [-0.05, 0) is 54.1 Å². The fraction of sp³-hybridized carbons (Fsp3) is 0.0952. The van der Waals surface area contributed by atoms with E-state index >= 15 is 0 Å². The van der Waals surface area contributed by atoms with Gasteiger partial charge in [-0.15, -0.1) is 0 Å². The molecule has 0 aliphatic rings. The van der Waals surface area contributed by atoms with Crippen LogP contribution in [0.2, 0.25) is 0 Å². The Kier molecular flexibility index (Phi) is 9.67. The molecule has 0 amide bonds. The van der Waals surface area contributed by atoms with Crippen molar-refractivity contribution in [2.24, 2.45) is 7.05 Å². The summed E-state index contributed by atoms with van der Waals surface area (Å²) in [7, 11) is -0.752. The molecule has 3 rings (SSSR count). The van der Waals surface area contributed by atoms with Crippen molar-refractivity contribution in [2.45, 2.75) is 4.90 Å². The van der Waals surface area contributed by atoms with Gasteiger partial charge in [0.1, 0.15) is 17.2 Å². The summed E-state index contributed by atoms with van der Waals surface area (Å²) >= 11 is 3.12. The first-order valence-corrected chi connectivity index (χ1v) is 10.6. The first-order chi connectivity index (χ1) is 13.7. The van der Waals surface area contributed by atoms with Crippen LogP contribution in [0.5, 0.6) is 11.5 Å². The monoisotopic (exact) mass is 495 g/mol. The molecular formula is C21H22BrNO6S. The third kappa shape index (κ3) is 7.60. The Morgan fingerprint density at radius 2 is 1.73 bits per heavy atom. The zero-order chi connectivity index (χ0) is 21.4. The molecule has 0 radical (unpaired) electrons. The van der Waals surface area contributed by atoms with E-state index in [9.17, 15) is 18.1 Å². The predicted octanol–water partition coefficient (Wildman–Crippen LogP) is 2.92. The third-order valence-electron chi connectivity index (χ3n) is 3.85. The van der Waals surface area contributed by atoms with Gasteiger partial charge >= 0.3 is 0 Å². The summed E-state index contributed by atoms with van der Waals surface area (Å²) in [5, 5.41) is 9.51. The van der Waals surface area contributed by atoms with Gasteiger partial charge in [0.2, 0.25) is 5.69 Å². The molecule has 0 aliphatic carbocycles. The molecule has 3 N–H and O–H groups in total. The molecule has 30 heavy (non-hydrogen) atoms. The van der Waals surface area contributed by atoms with E-state index in [-0.39, 0.29) is 16.1 Å². The van der Waals surface area contributed by atoms with Crippen LogP contribution in [0.3, 0.4) is 0 Å². The van der Waals surface area contributed by atoms with Gasteiger partial charge in [-0.25, -0.2) is 13.0 Å². The van der Waals surface area contributed by atoms with E-state index in [0.717, 1.165) is 15.7 Å². The highest BCUT2D eigenvalue weighted by atomic mass is 79.9. The minimum absolute atomic E-state index is 0. The summed E-state index contributed by atoms with van der Waals surface area (Å²) in [5.41, 5.74) is 2.08. The number of aromatic nitrogens is 1. The van der Waals surface area contributed by atoms with Crippen LogP contribution in [0.15, 0.2) is 76.2 Å². The second-order valence-corrected chi connectivity index (χ2v) is 8.20. The first kappa shape index (κ1) is 25.3. The van der Waals surface area contributed by atoms with E-state index in [0.29, 0.717) is 5.75 Å². The van der Waals surface area contributed by atoms with Gasteiger partial charge in [0.15, 0.2) is 17.7 Å². The number of nitrogens with zero attached hydrogens (tertiary/aromatic N) is 1. The van der Waals surface area contributed by atoms with E-state index in [4.69, 9.17) is 4.74 Å². The maximum Gasteiger partial charge on any atom is 0.204 e. The first-order valence-electron chi connectivity index (χ1n) is 8.42. The van der Waals surface area contributed by atoms with Crippen LogP contribution in [-0.2, 0) is 17.2 Å². The number of hydrogen-bond acceptors (Lipinski definition) is 5. The van der Waals surface area contributed by atoms with Crippen LogP contribution in [0.4, 0.5) is 0 Å². The average molecular weight is 496 g/mol. The molecule has 1 aromatic heterocycles. The van der Waals surface area contributed by atoms with Crippen molar-refractivity contribution in [3.05, 3.63) is 82.6 Å². The zero-order valence-electron chi connectivity index (χ0n) is 16.3. The summed E-state index contributed by atoms with van der Waals surface area (Å²) in [5.74, 6) is 0.634. The van der Waals surface area contributed by atoms with Gasteiger partial charge in [-0.2, -0.15) is 0 Å². The maximum absolute atomic E-state index is 10.4. The number of benzene rings is 2. The fourth-order valence-electron chi connectivity index (χ4n) is 2.29. The number of phenolic OH excluding ortho intramolecular Hbond substituents is 1. The van der Waals surface area contributed by atoms with Crippen LogP contribution in [0, 0.1) is 0 Å². The lowest BCUT2D eigenvalue weighted by atomic mass is 10.1. The Balaban J connectivity index is 0.000000324. The molecule has 7 nitrogen and oxygen atoms in total. The Bertz CT molecular complexity index is 1100. The SMILES string of the molecule is COc1cc(/C=C/c2cccc[n+]2C)ccc1O.O.O=S(=O)([O-])c1ccc(Br)cc1. The van der Waals surface area contributed by atoms with E-state index in [1.54, 1.807) is 19.2 Å². The number of rotatable bonds is 4. The van der Waals surface area contributed by atoms with E-state index in [1.807, 2.05) is 54.2 Å². The Labute approximate surface area is 184 Å². The largest absolute Gasteiger partial charge is 0.744 e. The molecular weight excluding hydrogens is 474 g/mol. The smallest absolute Gasteiger partial charge is 0.204 e. The lowest BCUT2D eigenvalue weighted by molar-refractivity contribution is -0.673. The Morgan fingerprint density at radius 1 is 1.07 bits per heavy atom. The van der Waals surface area contributed by atoms with E-state index < -0.39 is 10.1 Å². The van der Waals surface area contributed by atoms with Gasteiger partial charge in [0.05, 0.1) is 12.0 Å². The van der Waals surface area contributed by atoms with Crippen molar-refractivity contribution >= 4 is 38.2 Å². The third-order valence-corrected chi connectivity index (χ3v) is 5.23. The van der Waals surface area contributed by atoms with Crippen molar-refractivity contribution in [1.29, 1.82) is 0 Å². The molecule has 0 atom stereocenters. The summed E-state index contributed by atoms with van der Waals surface area (Å²) in [6, 6.07) is 16.8. The number of aromatic hydroxyl groups is 1. The molecule has 0 fully saturated rings. The lowest BCUT2D eigenvalue weighted by Crippen LogP contribution is -2.30. The molecule has 0 saturated heterocycles. The van der Waals surface area contributed by atoms with Crippen LogP contribution in [0.25, 0.3) is 12.2 Å². The minimum atomic E-state index is -4.29. The zero-order valence-corrected chi connectivity index (χ0v) is 18.7. The van der Waals surface area contributed by atoms with Crippen LogP contribution < -0.4 is 9.30 Å². The second-order valence-electron chi connectivity index (χ2n) is 5.91. The summed E-state index contributed by atoms with van der Waals surface area (Å²) < 4.78 is 39.0. The molecule has 0 unspecified atom stereocenters. The van der Waals surface area contributed by atoms with Gasteiger partial charge in [0, 0.05) is 22.7 Å². The van der Waals surface area contributed by atoms with Crippen molar-refractivity contribution in [1.82, 2.24) is 0 Å². The van der Waals surface area contributed by atoms with Gasteiger partial charge < -0.3 is 19.9 Å². The number of phenols is 1. The molecule has 0 spiro atoms. The summed E-state index contributed by atoms with van der Waals surface area (Å²) in [4.78, 5) is -0.208. The van der Waals surface area contributed by atoms with Crippen molar-refractivity contribution in [3.8, 4) is 11.5 Å². The predicted molar refractivity (Wildman–Crippen MR) is 117 cm³/mol. The minimum Gasteiger partial charge on any atom is -0.744 e. The van der Waals surface area contributed by atoms with E-state index in [1.165, 1.54) is 24.3 Å². The standard InChI is InChI=1S/C15H15NO2.C6H5BrO3S.H2O/c1-16-10-4-3-5-13(16)8-6-12-7-9-14(17)15(11-12)18-2;7-5-1-3-6(4-2-5)11(8,9)10;/h3-11H,1-2H3;1-4H,(H,8,9,10);1H2. The fourth-order valence-corrected chi connectivity index (χ4v) is 3.02.